The van der Waals surface area contributed by atoms with Gasteiger partial charge >= 0.3 is 0 Å². The molecule has 4 aliphatic carbocycles. The van der Waals surface area contributed by atoms with Gasteiger partial charge in [-0.1, -0.05) is 13.8 Å². The summed E-state index contributed by atoms with van der Waals surface area (Å²) in [5.74, 6) is -1.15. The predicted molar refractivity (Wildman–Crippen MR) is 86.8 cm³/mol. The molecule has 132 valence electrons. The topological polar surface area (TPSA) is 46.2 Å². The average molecular weight is 355 g/mol. The predicted octanol–water partition coefficient (Wildman–Crippen LogP) is 3.99. The third kappa shape index (κ3) is 2.58. The van der Waals surface area contributed by atoms with Crippen molar-refractivity contribution in [2.75, 3.05) is 0 Å². The Morgan fingerprint density at radius 3 is 2.25 bits per heavy atom. The molecule has 4 fully saturated rings. The number of hydrogen-bond donors (Lipinski definition) is 1. The molecule has 1 aromatic rings. The second-order valence-electron chi connectivity index (χ2n) is 9.09. The van der Waals surface area contributed by atoms with Crippen LogP contribution in [0.5, 0.6) is 0 Å². The van der Waals surface area contributed by atoms with Crippen LogP contribution in [0, 0.1) is 28.4 Å². The lowest BCUT2D eigenvalue weighted by molar-refractivity contribution is -0.110. The molecule has 0 radical (unpaired) electrons. The Balaban J connectivity index is 1.71. The first-order chi connectivity index (χ1) is 11.0. The van der Waals surface area contributed by atoms with Crippen LogP contribution in [0.3, 0.4) is 0 Å². The van der Waals surface area contributed by atoms with Gasteiger partial charge in [-0.25, -0.2) is 21.9 Å². The molecule has 2 atom stereocenters. The summed E-state index contributed by atoms with van der Waals surface area (Å²) >= 11 is 0. The van der Waals surface area contributed by atoms with E-state index in [2.05, 4.69) is 18.6 Å². The van der Waals surface area contributed by atoms with Crippen LogP contribution in [0.15, 0.2) is 23.1 Å². The molecule has 5 rings (SSSR count). The van der Waals surface area contributed by atoms with Gasteiger partial charge in [0.15, 0.2) is 0 Å². The van der Waals surface area contributed by atoms with E-state index < -0.39 is 32.1 Å². The normalized spacial score (nSPS) is 40.9. The Morgan fingerprint density at radius 1 is 1.04 bits per heavy atom. The van der Waals surface area contributed by atoms with Crippen molar-refractivity contribution in [3.05, 3.63) is 29.8 Å². The van der Waals surface area contributed by atoms with E-state index in [0.29, 0.717) is 5.92 Å². The maximum Gasteiger partial charge on any atom is 0.244 e. The lowest BCUT2D eigenvalue weighted by Crippen LogP contribution is -2.65. The summed E-state index contributed by atoms with van der Waals surface area (Å²) in [7, 11) is -4.09. The van der Waals surface area contributed by atoms with Crippen molar-refractivity contribution in [2.24, 2.45) is 16.7 Å². The molecular weight excluding hydrogens is 332 g/mol. The maximum absolute atomic E-state index is 14.0. The molecule has 0 aromatic heterocycles. The monoisotopic (exact) mass is 355 g/mol. The van der Waals surface area contributed by atoms with Gasteiger partial charge in [0.2, 0.25) is 10.0 Å². The molecule has 0 saturated heterocycles. The van der Waals surface area contributed by atoms with Gasteiger partial charge in [-0.2, -0.15) is 0 Å². The van der Waals surface area contributed by atoms with Crippen LogP contribution < -0.4 is 4.72 Å². The molecular formula is C18H23F2NO2S. The molecule has 24 heavy (non-hydrogen) atoms. The van der Waals surface area contributed by atoms with E-state index in [9.17, 15) is 17.2 Å². The van der Waals surface area contributed by atoms with Crippen molar-refractivity contribution in [3.63, 3.8) is 0 Å². The Kier molecular flexibility index (Phi) is 3.28. The lowest BCUT2D eigenvalue weighted by Gasteiger charge is -2.65. The Hall–Kier alpha value is -1.01. The highest BCUT2D eigenvalue weighted by molar-refractivity contribution is 7.89. The van der Waals surface area contributed by atoms with Gasteiger partial charge in [0.1, 0.15) is 16.5 Å². The summed E-state index contributed by atoms with van der Waals surface area (Å²) < 4.78 is 55.8. The van der Waals surface area contributed by atoms with Crippen molar-refractivity contribution < 1.29 is 17.2 Å². The van der Waals surface area contributed by atoms with E-state index in [1.165, 1.54) is 0 Å². The number of sulfonamides is 1. The van der Waals surface area contributed by atoms with Crippen molar-refractivity contribution in [1.82, 2.24) is 4.72 Å². The van der Waals surface area contributed by atoms with E-state index in [1.807, 2.05) is 0 Å². The van der Waals surface area contributed by atoms with Crippen LogP contribution in [0.1, 0.15) is 52.4 Å². The Morgan fingerprint density at radius 2 is 1.67 bits per heavy atom. The molecule has 1 aromatic carbocycles. The molecule has 0 spiro atoms. The van der Waals surface area contributed by atoms with Gasteiger partial charge in [-0.3, -0.25) is 0 Å². The Labute approximate surface area is 141 Å². The van der Waals surface area contributed by atoms with Gasteiger partial charge in [0.25, 0.3) is 0 Å². The summed E-state index contributed by atoms with van der Waals surface area (Å²) in [6, 6.07) is 2.56. The molecule has 4 bridgehead atoms. The molecule has 0 amide bonds. The molecule has 0 heterocycles. The van der Waals surface area contributed by atoms with Crippen molar-refractivity contribution in [3.8, 4) is 0 Å². The first-order valence-corrected chi connectivity index (χ1v) is 10.00. The zero-order valence-electron chi connectivity index (χ0n) is 14.0. The summed E-state index contributed by atoms with van der Waals surface area (Å²) in [6.07, 6.45) is 5.76. The molecule has 1 N–H and O–H groups in total. The number of benzene rings is 1. The minimum atomic E-state index is -4.09. The highest BCUT2D eigenvalue weighted by atomic mass is 32.2. The molecule has 4 saturated carbocycles. The summed E-state index contributed by atoms with van der Waals surface area (Å²) in [5.41, 5.74) is -0.255. The average Bonchev–Trinajstić information content (AvgIpc) is 2.35. The summed E-state index contributed by atoms with van der Waals surface area (Å²) in [4.78, 5) is -0.589. The van der Waals surface area contributed by atoms with Crippen molar-refractivity contribution in [2.45, 2.75) is 62.8 Å². The smallest absolute Gasteiger partial charge is 0.207 e. The fourth-order valence-electron chi connectivity index (χ4n) is 6.58. The van der Waals surface area contributed by atoms with Crippen LogP contribution in [0.4, 0.5) is 8.78 Å². The minimum Gasteiger partial charge on any atom is -0.207 e. The van der Waals surface area contributed by atoms with E-state index in [4.69, 9.17) is 0 Å². The standard InChI is InChI=1S/C18H23F2NO2S/c1-16-6-12-7-17(2,9-16)11-18(8-12,10-16)21-24(22,23)15-5-13(19)3-4-14(15)20/h3-5,12,21H,6-11H2,1-2H3. The third-order valence-corrected chi connectivity index (χ3v) is 7.75. The van der Waals surface area contributed by atoms with Gasteiger partial charge in [-0.15, -0.1) is 0 Å². The first kappa shape index (κ1) is 16.5. The molecule has 4 aliphatic rings. The number of halogens is 2. The van der Waals surface area contributed by atoms with E-state index in [0.717, 1.165) is 56.7 Å². The quantitative estimate of drug-likeness (QED) is 0.891. The lowest BCUT2D eigenvalue weighted by atomic mass is 9.43. The SMILES string of the molecule is CC12CC3CC(C)(C1)CC(NS(=O)(=O)c1cc(F)ccc1F)(C3)C2. The van der Waals surface area contributed by atoms with Crippen LogP contribution >= 0.6 is 0 Å². The fourth-order valence-corrected chi connectivity index (χ4v) is 8.08. The van der Waals surface area contributed by atoms with Crippen LogP contribution in [0.2, 0.25) is 0 Å². The Bertz CT molecular complexity index is 789. The zero-order valence-corrected chi connectivity index (χ0v) is 14.8. The number of nitrogens with one attached hydrogen (secondary N) is 1. The van der Waals surface area contributed by atoms with Gasteiger partial charge < -0.3 is 0 Å². The largest absolute Gasteiger partial charge is 0.244 e. The fraction of sp³-hybridized carbons (Fsp3) is 0.667. The highest BCUT2D eigenvalue weighted by Gasteiger charge is 2.61. The second kappa shape index (κ2) is 4.79. The van der Waals surface area contributed by atoms with Gasteiger partial charge in [-0.05, 0) is 73.5 Å². The van der Waals surface area contributed by atoms with E-state index in [-0.39, 0.29) is 10.8 Å². The van der Waals surface area contributed by atoms with Crippen molar-refractivity contribution >= 4 is 10.0 Å². The van der Waals surface area contributed by atoms with Crippen LogP contribution in [-0.4, -0.2) is 14.0 Å². The molecule has 6 heteroatoms. The summed E-state index contributed by atoms with van der Waals surface area (Å²) in [6.45, 7) is 4.48. The van der Waals surface area contributed by atoms with Crippen LogP contribution in [-0.2, 0) is 10.0 Å². The molecule has 3 nitrogen and oxygen atoms in total. The van der Waals surface area contributed by atoms with E-state index in [1.54, 1.807) is 0 Å². The maximum atomic E-state index is 14.0. The molecule has 0 aliphatic heterocycles. The van der Waals surface area contributed by atoms with Gasteiger partial charge in [0.05, 0.1) is 0 Å². The number of hydrogen-bond acceptors (Lipinski definition) is 2. The van der Waals surface area contributed by atoms with E-state index >= 15 is 0 Å². The second-order valence-corrected chi connectivity index (χ2v) is 10.7. The van der Waals surface area contributed by atoms with Gasteiger partial charge in [0, 0.05) is 5.54 Å². The van der Waals surface area contributed by atoms with Crippen LogP contribution in [0.25, 0.3) is 0 Å². The highest BCUT2D eigenvalue weighted by Crippen LogP contribution is 2.66. The third-order valence-electron chi connectivity index (χ3n) is 6.16. The summed E-state index contributed by atoms with van der Waals surface area (Å²) in [5, 5.41) is 0. The zero-order chi connectivity index (χ0) is 17.4. The number of rotatable bonds is 3. The first-order valence-electron chi connectivity index (χ1n) is 8.51. The minimum absolute atomic E-state index is 0.136. The van der Waals surface area contributed by atoms with Crippen molar-refractivity contribution in [1.29, 1.82) is 0 Å². The molecule has 2 unspecified atom stereocenters.